The molecule has 1 fully saturated rings. The van der Waals surface area contributed by atoms with E-state index in [-0.39, 0.29) is 0 Å². The monoisotopic (exact) mass is 220 g/mol. The zero-order chi connectivity index (χ0) is 11.4. The van der Waals surface area contributed by atoms with Crippen LogP contribution in [0.4, 0.5) is 5.95 Å². The lowest BCUT2D eigenvalue weighted by molar-refractivity contribution is 0.477. The van der Waals surface area contributed by atoms with Crippen LogP contribution in [0.15, 0.2) is 12.4 Å². The molecule has 1 aromatic rings. The average Bonchev–Trinajstić information content (AvgIpc) is 2.31. The van der Waals surface area contributed by atoms with Gasteiger partial charge in [0.05, 0.1) is 0 Å². The van der Waals surface area contributed by atoms with Gasteiger partial charge in [-0.15, -0.1) is 0 Å². The van der Waals surface area contributed by atoms with Crippen molar-refractivity contribution in [2.24, 2.45) is 0 Å². The number of anilines is 1. The topological polar surface area (TPSA) is 49.8 Å². The summed E-state index contributed by atoms with van der Waals surface area (Å²) in [6, 6.07) is 0.520. The van der Waals surface area contributed by atoms with Crippen LogP contribution in [0.25, 0.3) is 0 Å². The standard InChI is InChI=1S/C12H20N4/c1-9(2)10-7-14-12(15-8-10)16-11-3-5-13-6-4-11/h7-9,11,13H,3-6H2,1-2H3,(H,14,15,16). The van der Waals surface area contributed by atoms with Crippen LogP contribution in [0.2, 0.25) is 0 Å². The molecule has 0 amide bonds. The van der Waals surface area contributed by atoms with Crippen LogP contribution >= 0.6 is 0 Å². The van der Waals surface area contributed by atoms with Crippen LogP contribution in [0.1, 0.15) is 38.2 Å². The second kappa shape index (κ2) is 5.25. The fourth-order valence-electron chi connectivity index (χ4n) is 1.86. The van der Waals surface area contributed by atoms with Crippen LogP contribution in [0, 0.1) is 0 Å². The van der Waals surface area contributed by atoms with Crippen LogP contribution < -0.4 is 10.6 Å². The Hall–Kier alpha value is -1.16. The van der Waals surface area contributed by atoms with Gasteiger partial charge < -0.3 is 10.6 Å². The quantitative estimate of drug-likeness (QED) is 0.815. The molecule has 2 heterocycles. The van der Waals surface area contributed by atoms with Crippen molar-refractivity contribution in [1.82, 2.24) is 15.3 Å². The summed E-state index contributed by atoms with van der Waals surface area (Å²) >= 11 is 0. The van der Waals surface area contributed by atoms with Gasteiger partial charge in [-0.2, -0.15) is 0 Å². The summed E-state index contributed by atoms with van der Waals surface area (Å²) in [5.74, 6) is 1.25. The highest BCUT2D eigenvalue weighted by Gasteiger charge is 2.13. The fourth-order valence-corrected chi connectivity index (χ4v) is 1.86. The second-order valence-corrected chi connectivity index (χ2v) is 4.66. The summed E-state index contributed by atoms with van der Waals surface area (Å²) in [6.45, 7) is 6.47. The molecule has 88 valence electrons. The fraction of sp³-hybridized carbons (Fsp3) is 0.667. The van der Waals surface area contributed by atoms with E-state index < -0.39 is 0 Å². The van der Waals surface area contributed by atoms with E-state index in [9.17, 15) is 0 Å². The highest BCUT2D eigenvalue weighted by Crippen LogP contribution is 2.13. The van der Waals surface area contributed by atoms with Crippen molar-refractivity contribution in [2.75, 3.05) is 18.4 Å². The lowest BCUT2D eigenvalue weighted by atomic mass is 10.1. The van der Waals surface area contributed by atoms with E-state index in [1.54, 1.807) is 0 Å². The van der Waals surface area contributed by atoms with Crippen molar-refractivity contribution in [3.8, 4) is 0 Å². The van der Waals surface area contributed by atoms with E-state index >= 15 is 0 Å². The third-order valence-corrected chi connectivity index (χ3v) is 3.01. The molecule has 0 unspecified atom stereocenters. The van der Waals surface area contributed by atoms with E-state index in [2.05, 4.69) is 34.4 Å². The summed E-state index contributed by atoms with van der Waals surface area (Å²) in [4.78, 5) is 8.70. The van der Waals surface area contributed by atoms with Gasteiger partial charge in [-0.1, -0.05) is 13.8 Å². The van der Waals surface area contributed by atoms with Crippen molar-refractivity contribution in [2.45, 2.75) is 38.6 Å². The van der Waals surface area contributed by atoms with Crippen LogP contribution in [0.3, 0.4) is 0 Å². The Balaban J connectivity index is 1.93. The molecule has 4 nitrogen and oxygen atoms in total. The van der Waals surface area contributed by atoms with Gasteiger partial charge in [-0.3, -0.25) is 0 Å². The molecule has 16 heavy (non-hydrogen) atoms. The van der Waals surface area contributed by atoms with Gasteiger partial charge in [-0.25, -0.2) is 9.97 Å². The maximum atomic E-state index is 4.35. The Morgan fingerprint density at radius 3 is 2.44 bits per heavy atom. The summed E-state index contributed by atoms with van der Waals surface area (Å²) in [5, 5.41) is 6.73. The molecule has 0 aliphatic carbocycles. The molecule has 2 rings (SSSR count). The Kier molecular flexibility index (Phi) is 3.72. The molecule has 1 aromatic heterocycles. The molecule has 0 aromatic carbocycles. The summed E-state index contributed by atoms with van der Waals surface area (Å²) < 4.78 is 0. The first-order valence-corrected chi connectivity index (χ1v) is 6.05. The first-order valence-electron chi connectivity index (χ1n) is 6.05. The molecule has 0 saturated carbocycles. The van der Waals surface area contributed by atoms with Crippen molar-refractivity contribution in [3.63, 3.8) is 0 Å². The van der Waals surface area contributed by atoms with Gasteiger partial charge in [0.2, 0.25) is 5.95 Å². The lowest BCUT2D eigenvalue weighted by Gasteiger charge is -2.23. The van der Waals surface area contributed by atoms with E-state index in [1.807, 2.05) is 12.4 Å². The number of hydrogen-bond acceptors (Lipinski definition) is 4. The number of rotatable bonds is 3. The Morgan fingerprint density at radius 1 is 1.25 bits per heavy atom. The zero-order valence-electron chi connectivity index (χ0n) is 10.0. The first-order chi connectivity index (χ1) is 7.75. The number of aromatic nitrogens is 2. The largest absolute Gasteiger partial charge is 0.351 e. The summed E-state index contributed by atoms with van der Waals surface area (Å²) in [5.41, 5.74) is 1.19. The van der Waals surface area contributed by atoms with Crippen LogP contribution in [-0.4, -0.2) is 29.1 Å². The Morgan fingerprint density at radius 2 is 1.88 bits per heavy atom. The van der Waals surface area contributed by atoms with Crippen molar-refractivity contribution in [1.29, 1.82) is 0 Å². The van der Waals surface area contributed by atoms with Gasteiger partial charge in [0, 0.05) is 18.4 Å². The molecular weight excluding hydrogens is 200 g/mol. The molecule has 2 N–H and O–H groups in total. The number of nitrogens with one attached hydrogen (secondary N) is 2. The molecular formula is C12H20N4. The average molecular weight is 220 g/mol. The highest BCUT2D eigenvalue weighted by molar-refractivity contribution is 5.27. The minimum Gasteiger partial charge on any atom is -0.351 e. The molecule has 0 bridgehead atoms. The van der Waals surface area contributed by atoms with Crippen molar-refractivity contribution < 1.29 is 0 Å². The predicted molar refractivity (Wildman–Crippen MR) is 65.6 cm³/mol. The lowest BCUT2D eigenvalue weighted by Crippen LogP contribution is -2.35. The molecule has 1 aliphatic heterocycles. The normalized spacial score (nSPS) is 17.7. The number of piperidine rings is 1. The Bertz CT molecular complexity index is 314. The highest BCUT2D eigenvalue weighted by atomic mass is 15.1. The third-order valence-electron chi connectivity index (χ3n) is 3.01. The number of nitrogens with zero attached hydrogens (tertiary/aromatic N) is 2. The molecule has 1 aliphatic rings. The minimum absolute atomic E-state index is 0.493. The molecule has 1 saturated heterocycles. The van der Waals surface area contributed by atoms with Gasteiger partial charge in [0.1, 0.15) is 0 Å². The van der Waals surface area contributed by atoms with E-state index in [4.69, 9.17) is 0 Å². The van der Waals surface area contributed by atoms with E-state index in [0.29, 0.717) is 12.0 Å². The van der Waals surface area contributed by atoms with E-state index in [1.165, 1.54) is 5.56 Å². The first kappa shape index (κ1) is 11.3. The minimum atomic E-state index is 0.493. The van der Waals surface area contributed by atoms with Crippen LogP contribution in [-0.2, 0) is 0 Å². The van der Waals surface area contributed by atoms with Crippen molar-refractivity contribution in [3.05, 3.63) is 18.0 Å². The van der Waals surface area contributed by atoms with Gasteiger partial charge in [-0.05, 0) is 37.4 Å². The summed E-state index contributed by atoms with van der Waals surface area (Å²) in [6.07, 6.45) is 6.13. The van der Waals surface area contributed by atoms with Crippen LogP contribution in [0.5, 0.6) is 0 Å². The van der Waals surface area contributed by atoms with E-state index in [0.717, 1.165) is 31.9 Å². The zero-order valence-corrected chi connectivity index (χ0v) is 10.0. The van der Waals surface area contributed by atoms with Crippen molar-refractivity contribution >= 4 is 5.95 Å². The molecule has 0 radical (unpaired) electrons. The second-order valence-electron chi connectivity index (χ2n) is 4.66. The predicted octanol–water partition coefficient (Wildman–Crippen LogP) is 1.76. The third kappa shape index (κ3) is 2.92. The Labute approximate surface area is 96.9 Å². The number of hydrogen-bond donors (Lipinski definition) is 2. The molecule has 0 spiro atoms. The van der Waals surface area contributed by atoms with Gasteiger partial charge in [0.25, 0.3) is 0 Å². The smallest absolute Gasteiger partial charge is 0.222 e. The SMILES string of the molecule is CC(C)c1cnc(NC2CCNCC2)nc1. The maximum Gasteiger partial charge on any atom is 0.222 e. The maximum absolute atomic E-state index is 4.35. The molecule has 4 heteroatoms. The molecule has 0 atom stereocenters. The summed E-state index contributed by atoms with van der Waals surface area (Å²) in [7, 11) is 0. The van der Waals surface area contributed by atoms with Gasteiger partial charge in [0.15, 0.2) is 0 Å². The van der Waals surface area contributed by atoms with Gasteiger partial charge >= 0.3 is 0 Å².